The number of hydrogen-bond acceptors (Lipinski definition) is 3. The minimum absolute atomic E-state index is 0.0526. The van der Waals surface area contributed by atoms with E-state index in [2.05, 4.69) is 19.2 Å². The predicted octanol–water partition coefficient (Wildman–Crippen LogP) is 4.15. The van der Waals surface area contributed by atoms with Crippen molar-refractivity contribution in [3.05, 3.63) is 53.1 Å². The Morgan fingerprint density at radius 1 is 1.13 bits per heavy atom. The van der Waals surface area contributed by atoms with Crippen LogP contribution in [-0.2, 0) is 4.79 Å². The van der Waals surface area contributed by atoms with Gasteiger partial charge in [0.2, 0.25) is 0 Å². The summed E-state index contributed by atoms with van der Waals surface area (Å²) in [7, 11) is 0. The summed E-state index contributed by atoms with van der Waals surface area (Å²) in [6.45, 7) is 7.93. The highest BCUT2D eigenvalue weighted by atomic mass is 16.5. The van der Waals surface area contributed by atoms with Crippen LogP contribution < -0.4 is 10.1 Å². The summed E-state index contributed by atoms with van der Waals surface area (Å²) in [5.41, 5.74) is 3.47. The molecule has 0 aliphatic heterocycles. The van der Waals surface area contributed by atoms with Gasteiger partial charge in [-0.1, -0.05) is 32.0 Å². The number of phenolic OH excluding ortho intramolecular Hbond substituents is 1. The van der Waals surface area contributed by atoms with Crippen LogP contribution in [0.25, 0.3) is 0 Å². The van der Waals surface area contributed by atoms with Gasteiger partial charge >= 0.3 is 0 Å². The Bertz CT molecular complexity index is 708. The number of benzene rings is 2. The van der Waals surface area contributed by atoms with Crippen molar-refractivity contribution in [2.24, 2.45) is 0 Å². The van der Waals surface area contributed by atoms with Gasteiger partial charge in [-0.05, 0) is 54.7 Å². The van der Waals surface area contributed by atoms with Crippen molar-refractivity contribution >= 4 is 11.6 Å². The Morgan fingerprint density at radius 2 is 1.78 bits per heavy atom. The molecular weight excluding hydrogens is 290 g/mol. The van der Waals surface area contributed by atoms with Gasteiger partial charge in [-0.2, -0.15) is 0 Å². The summed E-state index contributed by atoms with van der Waals surface area (Å²) in [5.74, 6) is 0.787. The molecule has 0 aliphatic rings. The normalized spacial score (nSPS) is 10.7. The number of aromatic hydroxyl groups is 1. The fourth-order valence-electron chi connectivity index (χ4n) is 2.32. The number of nitrogens with one attached hydrogen (secondary N) is 1. The molecule has 4 nitrogen and oxygen atoms in total. The van der Waals surface area contributed by atoms with Crippen LogP contribution >= 0.6 is 0 Å². The number of hydrogen-bond donors (Lipinski definition) is 2. The standard InChI is InChI=1S/C19H23NO3/c1-12(2)15-7-5-14(4)10-18(15)23-11-19(22)20-16-8-6-13(3)9-17(16)21/h5-10,12,21H,11H2,1-4H3,(H,20,22). The molecule has 2 aromatic rings. The lowest BCUT2D eigenvalue weighted by Gasteiger charge is -2.15. The number of anilines is 1. The number of carbonyl (C=O) groups is 1. The van der Waals surface area contributed by atoms with Crippen LogP contribution in [0.5, 0.6) is 11.5 Å². The maximum atomic E-state index is 12.0. The maximum absolute atomic E-state index is 12.0. The van der Waals surface area contributed by atoms with Gasteiger partial charge in [-0.15, -0.1) is 0 Å². The fourth-order valence-corrected chi connectivity index (χ4v) is 2.32. The van der Waals surface area contributed by atoms with Crippen LogP contribution in [0.3, 0.4) is 0 Å². The first-order valence-corrected chi connectivity index (χ1v) is 7.69. The zero-order valence-corrected chi connectivity index (χ0v) is 14.0. The lowest BCUT2D eigenvalue weighted by atomic mass is 10.0. The fraction of sp³-hybridized carbons (Fsp3) is 0.316. The highest BCUT2D eigenvalue weighted by Crippen LogP contribution is 2.28. The molecule has 0 aromatic heterocycles. The zero-order valence-electron chi connectivity index (χ0n) is 14.0. The van der Waals surface area contributed by atoms with E-state index < -0.39 is 0 Å². The van der Waals surface area contributed by atoms with Crippen LogP contribution in [0.1, 0.15) is 36.5 Å². The molecule has 0 bridgehead atoms. The molecule has 0 unspecified atom stereocenters. The van der Waals surface area contributed by atoms with Crippen LogP contribution in [0.15, 0.2) is 36.4 Å². The number of phenols is 1. The molecule has 0 atom stereocenters. The average molecular weight is 313 g/mol. The lowest BCUT2D eigenvalue weighted by Crippen LogP contribution is -2.20. The van der Waals surface area contributed by atoms with E-state index in [0.717, 1.165) is 22.4 Å². The third-order valence-corrected chi connectivity index (χ3v) is 3.58. The van der Waals surface area contributed by atoms with Crippen molar-refractivity contribution < 1.29 is 14.6 Å². The van der Waals surface area contributed by atoms with Crippen molar-refractivity contribution in [2.45, 2.75) is 33.6 Å². The monoisotopic (exact) mass is 313 g/mol. The molecule has 0 aliphatic carbocycles. The Hall–Kier alpha value is -2.49. The topological polar surface area (TPSA) is 58.6 Å². The lowest BCUT2D eigenvalue weighted by molar-refractivity contribution is -0.118. The quantitative estimate of drug-likeness (QED) is 0.815. The van der Waals surface area contributed by atoms with Gasteiger partial charge in [0.25, 0.3) is 5.91 Å². The Kier molecular flexibility index (Phi) is 5.27. The minimum Gasteiger partial charge on any atom is -0.506 e. The molecule has 0 radical (unpaired) electrons. The van der Waals surface area contributed by atoms with Gasteiger partial charge in [-0.25, -0.2) is 0 Å². The smallest absolute Gasteiger partial charge is 0.262 e. The van der Waals surface area contributed by atoms with Gasteiger partial charge < -0.3 is 15.2 Å². The minimum atomic E-state index is -0.305. The third kappa shape index (κ3) is 4.49. The molecule has 0 fully saturated rings. The predicted molar refractivity (Wildman–Crippen MR) is 92.2 cm³/mol. The SMILES string of the molecule is Cc1ccc(NC(=O)COc2cc(C)ccc2C(C)C)c(O)c1. The zero-order chi connectivity index (χ0) is 17.0. The number of amides is 1. The second-order valence-electron chi connectivity index (χ2n) is 6.05. The van der Waals surface area contributed by atoms with Gasteiger partial charge in [0.05, 0.1) is 5.69 Å². The molecule has 122 valence electrons. The Morgan fingerprint density at radius 3 is 2.43 bits per heavy atom. The summed E-state index contributed by atoms with van der Waals surface area (Å²) < 4.78 is 5.68. The van der Waals surface area contributed by atoms with Crippen LogP contribution in [0.2, 0.25) is 0 Å². The summed E-state index contributed by atoms with van der Waals surface area (Å²) in [5, 5.41) is 12.5. The van der Waals surface area contributed by atoms with Gasteiger partial charge in [-0.3, -0.25) is 4.79 Å². The molecule has 0 heterocycles. The number of ether oxygens (including phenoxy) is 1. The van der Waals surface area contributed by atoms with E-state index in [1.54, 1.807) is 12.1 Å². The van der Waals surface area contributed by atoms with E-state index in [-0.39, 0.29) is 18.3 Å². The first-order valence-electron chi connectivity index (χ1n) is 7.69. The van der Waals surface area contributed by atoms with E-state index in [1.165, 1.54) is 0 Å². The first kappa shape index (κ1) is 16.9. The van der Waals surface area contributed by atoms with E-state index >= 15 is 0 Å². The van der Waals surface area contributed by atoms with Crippen LogP contribution in [0, 0.1) is 13.8 Å². The third-order valence-electron chi connectivity index (χ3n) is 3.58. The molecule has 2 N–H and O–H groups in total. The summed E-state index contributed by atoms with van der Waals surface area (Å²) in [4.78, 5) is 12.0. The molecule has 4 heteroatoms. The molecule has 0 saturated heterocycles. The molecule has 2 aromatic carbocycles. The molecular formula is C19H23NO3. The maximum Gasteiger partial charge on any atom is 0.262 e. The number of carbonyl (C=O) groups excluding carboxylic acids is 1. The van der Waals surface area contributed by atoms with Crippen molar-refractivity contribution in [3.63, 3.8) is 0 Å². The summed E-state index contributed by atoms with van der Waals surface area (Å²) >= 11 is 0. The molecule has 23 heavy (non-hydrogen) atoms. The van der Waals surface area contributed by atoms with Crippen molar-refractivity contribution in [2.75, 3.05) is 11.9 Å². The van der Waals surface area contributed by atoms with Gasteiger partial charge in [0, 0.05) is 0 Å². The molecule has 1 amide bonds. The van der Waals surface area contributed by atoms with E-state index in [0.29, 0.717) is 11.6 Å². The van der Waals surface area contributed by atoms with E-state index in [4.69, 9.17) is 4.74 Å². The van der Waals surface area contributed by atoms with E-state index in [1.807, 2.05) is 38.1 Å². The highest BCUT2D eigenvalue weighted by molar-refractivity contribution is 5.93. The Balaban J connectivity index is 2.03. The van der Waals surface area contributed by atoms with Crippen LogP contribution in [0.4, 0.5) is 5.69 Å². The van der Waals surface area contributed by atoms with Crippen LogP contribution in [-0.4, -0.2) is 17.6 Å². The largest absolute Gasteiger partial charge is 0.506 e. The van der Waals surface area contributed by atoms with E-state index in [9.17, 15) is 9.90 Å². The van der Waals surface area contributed by atoms with Gasteiger partial charge in [0.15, 0.2) is 6.61 Å². The second-order valence-corrected chi connectivity index (χ2v) is 6.05. The van der Waals surface area contributed by atoms with Crippen molar-refractivity contribution in [1.82, 2.24) is 0 Å². The molecule has 0 spiro atoms. The number of aryl methyl sites for hydroxylation is 2. The number of rotatable bonds is 5. The Labute approximate surface area is 137 Å². The first-order chi connectivity index (χ1) is 10.9. The molecule has 2 rings (SSSR count). The highest BCUT2D eigenvalue weighted by Gasteiger charge is 2.11. The molecule has 0 saturated carbocycles. The van der Waals surface area contributed by atoms with Crippen molar-refractivity contribution in [1.29, 1.82) is 0 Å². The second kappa shape index (κ2) is 7.18. The van der Waals surface area contributed by atoms with Crippen molar-refractivity contribution in [3.8, 4) is 11.5 Å². The summed E-state index contributed by atoms with van der Waals surface area (Å²) in [6.07, 6.45) is 0. The van der Waals surface area contributed by atoms with Gasteiger partial charge in [0.1, 0.15) is 11.5 Å². The average Bonchev–Trinajstić information content (AvgIpc) is 2.48. The summed E-state index contributed by atoms with van der Waals surface area (Å²) in [6, 6.07) is 11.1.